The second-order valence-corrected chi connectivity index (χ2v) is 10.5. The quantitative estimate of drug-likeness (QED) is 0.242. The van der Waals surface area contributed by atoms with Crippen LogP contribution in [0, 0.1) is 0 Å². The second kappa shape index (κ2) is 14.2. The third-order valence-electron chi connectivity index (χ3n) is 7.19. The standard InChI is InChI=1S/C30H34ClN5O2.2ClH/c1-20(2)33-18-27(22-6-8-24(31)9-7-22)30(38)36-14-12-35(13-15-36)28-25-10-11-32-29(25)34-17-26(28)23-5-3-4-21(16-23)19-37;;/h3-11,16-17,20,27,33,37H,12-15,18-19H2,1-2H3,(H,32,34);2*1H/t27-;;/m1../s1. The molecule has 0 bridgehead atoms. The molecule has 1 atom stereocenters. The zero-order valence-corrected chi connectivity index (χ0v) is 25.0. The maximum absolute atomic E-state index is 13.8. The van der Waals surface area contributed by atoms with Crippen LogP contribution in [0.5, 0.6) is 0 Å². The number of halogens is 3. The third kappa shape index (κ3) is 6.90. The molecule has 1 aliphatic rings. The number of carbonyl (C=O) groups excluding carboxylic acids is 1. The fourth-order valence-corrected chi connectivity index (χ4v) is 5.28. The number of H-pyrrole nitrogens is 1. The van der Waals surface area contributed by atoms with Gasteiger partial charge in [-0.05, 0) is 41.0 Å². The number of aromatic amines is 1. The molecule has 2 aromatic carbocycles. The highest BCUT2D eigenvalue weighted by atomic mass is 35.5. The number of aliphatic hydroxyl groups is 1. The van der Waals surface area contributed by atoms with Gasteiger partial charge in [0.1, 0.15) is 5.65 Å². The van der Waals surface area contributed by atoms with Crippen LogP contribution >= 0.6 is 36.4 Å². The molecule has 0 saturated carbocycles. The van der Waals surface area contributed by atoms with Gasteiger partial charge < -0.3 is 25.2 Å². The van der Waals surface area contributed by atoms with E-state index in [9.17, 15) is 9.90 Å². The lowest BCUT2D eigenvalue weighted by molar-refractivity contribution is -0.133. The highest BCUT2D eigenvalue weighted by Crippen LogP contribution is 2.37. The van der Waals surface area contributed by atoms with Crippen LogP contribution in [0.3, 0.4) is 0 Å². The molecule has 1 amide bonds. The Kier molecular flexibility index (Phi) is 11.3. The van der Waals surface area contributed by atoms with Gasteiger partial charge in [-0.15, -0.1) is 24.8 Å². The largest absolute Gasteiger partial charge is 0.392 e. The van der Waals surface area contributed by atoms with Crippen LogP contribution in [-0.2, 0) is 11.4 Å². The Hall–Kier alpha value is -2.81. The maximum Gasteiger partial charge on any atom is 0.231 e. The maximum atomic E-state index is 13.8. The molecule has 5 rings (SSSR count). The van der Waals surface area contributed by atoms with Crippen LogP contribution in [0.15, 0.2) is 67.0 Å². The van der Waals surface area contributed by atoms with Crippen LogP contribution in [0.1, 0.15) is 30.9 Å². The number of aromatic nitrogens is 2. The van der Waals surface area contributed by atoms with E-state index in [0.29, 0.717) is 37.7 Å². The van der Waals surface area contributed by atoms with Crippen molar-refractivity contribution in [3.05, 3.63) is 83.1 Å². The molecule has 10 heteroatoms. The smallest absolute Gasteiger partial charge is 0.231 e. The molecule has 1 saturated heterocycles. The topological polar surface area (TPSA) is 84.5 Å². The summed E-state index contributed by atoms with van der Waals surface area (Å²) in [5.74, 6) is -0.132. The molecule has 1 aliphatic heterocycles. The van der Waals surface area contributed by atoms with E-state index < -0.39 is 0 Å². The molecule has 4 aromatic rings. The van der Waals surface area contributed by atoms with Gasteiger partial charge in [0.2, 0.25) is 5.91 Å². The van der Waals surface area contributed by atoms with Crippen molar-refractivity contribution < 1.29 is 9.90 Å². The van der Waals surface area contributed by atoms with E-state index in [1.54, 1.807) is 0 Å². The van der Waals surface area contributed by atoms with E-state index in [1.807, 2.05) is 59.8 Å². The summed E-state index contributed by atoms with van der Waals surface area (Å²) in [5, 5.41) is 14.8. The van der Waals surface area contributed by atoms with E-state index in [0.717, 1.165) is 39.0 Å². The number of nitrogens with zero attached hydrogens (tertiary/aromatic N) is 3. The Morgan fingerprint density at radius 1 is 1.07 bits per heavy atom. The molecule has 3 heterocycles. The minimum atomic E-state index is -0.268. The highest BCUT2D eigenvalue weighted by Gasteiger charge is 2.30. The minimum Gasteiger partial charge on any atom is -0.392 e. The number of carbonyl (C=O) groups is 1. The number of pyridine rings is 1. The first-order valence-electron chi connectivity index (χ1n) is 13.1. The number of piperazine rings is 1. The average molecular weight is 605 g/mol. The van der Waals surface area contributed by atoms with Crippen LogP contribution in [0.2, 0.25) is 5.02 Å². The van der Waals surface area contributed by atoms with E-state index in [-0.39, 0.29) is 49.3 Å². The first kappa shape index (κ1) is 31.7. The molecular formula is C30H36Cl3N5O2. The van der Waals surface area contributed by atoms with Gasteiger partial charge in [-0.2, -0.15) is 0 Å². The number of fused-ring (bicyclic) bond motifs is 1. The van der Waals surface area contributed by atoms with Crippen LogP contribution < -0.4 is 10.2 Å². The first-order valence-corrected chi connectivity index (χ1v) is 13.5. The van der Waals surface area contributed by atoms with Gasteiger partial charge in [-0.1, -0.05) is 55.8 Å². The molecule has 214 valence electrons. The zero-order chi connectivity index (χ0) is 26.6. The van der Waals surface area contributed by atoms with Gasteiger partial charge in [0.15, 0.2) is 0 Å². The number of hydrogen-bond acceptors (Lipinski definition) is 5. The molecule has 3 N–H and O–H groups in total. The summed E-state index contributed by atoms with van der Waals surface area (Å²) in [6.07, 6.45) is 3.81. The van der Waals surface area contributed by atoms with Gasteiger partial charge in [0.25, 0.3) is 0 Å². The Morgan fingerprint density at radius 3 is 2.48 bits per heavy atom. The summed E-state index contributed by atoms with van der Waals surface area (Å²) in [4.78, 5) is 26.0. The zero-order valence-electron chi connectivity index (χ0n) is 22.6. The summed E-state index contributed by atoms with van der Waals surface area (Å²) >= 11 is 6.12. The van der Waals surface area contributed by atoms with Crippen molar-refractivity contribution in [2.75, 3.05) is 37.6 Å². The Bertz CT molecular complexity index is 1400. The van der Waals surface area contributed by atoms with Crippen molar-refractivity contribution in [1.29, 1.82) is 0 Å². The SMILES string of the molecule is CC(C)NC[C@@H](C(=O)N1CCN(c2c(-c3cccc(CO)c3)cnc3[nH]ccc23)CC1)c1ccc(Cl)cc1.Cl.Cl. The van der Waals surface area contributed by atoms with Crippen molar-refractivity contribution in [3.63, 3.8) is 0 Å². The number of anilines is 1. The summed E-state index contributed by atoms with van der Waals surface area (Å²) in [5.41, 5.74) is 5.82. The summed E-state index contributed by atoms with van der Waals surface area (Å²) in [6.45, 7) is 7.45. The van der Waals surface area contributed by atoms with Crippen molar-refractivity contribution in [1.82, 2.24) is 20.2 Å². The molecule has 2 aromatic heterocycles. The van der Waals surface area contributed by atoms with Crippen molar-refractivity contribution >= 4 is 59.0 Å². The normalized spacial score (nSPS) is 14.1. The van der Waals surface area contributed by atoms with Crippen molar-refractivity contribution in [3.8, 4) is 11.1 Å². The number of rotatable bonds is 8. The lowest BCUT2D eigenvalue weighted by Gasteiger charge is -2.38. The van der Waals surface area contributed by atoms with Crippen molar-refractivity contribution in [2.45, 2.75) is 32.4 Å². The number of nitrogens with one attached hydrogen (secondary N) is 2. The van der Waals surface area contributed by atoms with E-state index in [2.05, 4.69) is 46.2 Å². The van der Waals surface area contributed by atoms with Crippen molar-refractivity contribution in [2.24, 2.45) is 0 Å². The lowest BCUT2D eigenvalue weighted by atomic mass is 9.96. The third-order valence-corrected chi connectivity index (χ3v) is 7.44. The fraction of sp³-hybridized carbons (Fsp3) is 0.333. The van der Waals surface area contributed by atoms with E-state index >= 15 is 0 Å². The molecule has 7 nitrogen and oxygen atoms in total. The number of hydrogen-bond donors (Lipinski definition) is 3. The highest BCUT2D eigenvalue weighted by molar-refractivity contribution is 6.30. The molecule has 0 aliphatic carbocycles. The van der Waals surface area contributed by atoms with Gasteiger partial charge in [0.05, 0.1) is 18.2 Å². The summed E-state index contributed by atoms with van der Waals surface area (Å²) in [6, 6.07) is 17.9. The molecule has 40 heavy (non-hydrogen) atoms. The number of benzene rings is 2. The fourth-order valence-electron chi connectivity index (χ4n) is 5.15. The van der Waals surface area contributed by atoms with E-state index in [1.165, 1.54) is 0 Å². The van der Waals surface area contributed by atoms with Crippen LogP contribution in [-0.4, -0.2) is 64.6 Å². The molecule has 0 radical (unpaired) electrons. The van der Waals surface area contributed by atoms with E-state index in [4.69, 9.17) is 11.6 Å². The number of amides is 1. The molecular weight excluding hydrogens is 569 g/mol. The average Bonchev–Trinajstić information content (AvgIpc) is 3.42. The lowest BCUT2D eigenvalue weighted by Crippen LogP contribution is -2.51. The van der Waals surface area contributed by atoms with Gasteiger partial charge in [0, 0.05) is 67.1 Å². The Labute approximate surface area is 252 Å². The summed E-state index contributed by atoms with van der Waals surface area (Å²) < 4.78 is 0. The Morgan fingerprint density at radius 2 is 1.80 bits per heavy atom. The molecule has 0 unspecified atom stereocenters. The second-order valence-electron chi connectivity index (χ2n) is 10.1. The van der Waals surface area contributed by atoms with Gasteiger partial charge in [-0.3, -0.25) is 4.79 Å². The van der Waals surface area contributed by atoms with Gasteiger partial charge >= 0.3 is 0 Å². The minimum absolute atomic E-state index is 0. The molecule has 1 fully saturated rings. The van der Waals surface area contributed by atoms with Gasteiger partial charge in [-0.25, -0.2) is 4.98 Å². The monoisotopic (exact) mass is 603 g/mol. The molecule has 0 spiro atoms. The van der Waals surface area contributed by atoms with Crippen LogP contribution in [0.25, 0.3) is 22.2 Å². The number of aliphatic hydroxyl groups excluding tert-OH is 1. The predicted molar refractivity (Wildman–Crippen MR) is 168 cm³/mol. The summed E-state index contributed by atoms with van der Waals surface area (Å²) in [7, 11) is 0. The first-order chi connectivity index (χ1) is 18.4. The predicted octanol–water partition coefficient (Wildman–Crippen LogP) is 5.65. The Balaban J connectivity index is 0.00000220. The van der Waals surface area contributed by atoms with Crippen LogP contribution in [0.4, 0.5) is 5.69 Å².